The van der Waals surface area contributed by atoms with Crippen molar-refractivity contribution in [2.45, 2.75) is 32.4 Å². The second-order valence-corrected chi connectivity index (χ2v) is 9.02. The molecule has 0 saturated carbocycles. The number of hydrogen-bond donors (Lipinski definition) is 1. The number of guanidine groups is 1. The maximum absolute atomic E-state index is 6.26. The molecule has 1 saturated heterocycles. The van der Waals surface area contributed by atoms with Gasteiger partial charge in [-0.05, 0) is 57.0 Å². The highest BCUT2D eigenvalue weighted by molar-refractivity contribution is 7.09. The molecule has 1 aliphatic rings. The summed E-state index contributed by atoms with van der Waals surface area (Å²) in [6.45, 7) is 4.79. The van der Waals surface area contributed by atoms with Crippen LogP contribution in [0.1, 0.15) is 35.1 Å². The summed E-state index contributed by atoms with van der Waals surface area (Å²) < 4.78 is 0. The van der Waals surface area contributed by atoms with Crippen molar-refractivity contribution in [3.8, 4) is 0 Å². The van der Waals surface area contributed by atoms with Crippen molar-refractivity contribution in [2.75, 3.05) is 34.2 Å². The summed E-state index contributed by atoms with van der Waals surface area (Å²) in [6, 6.07) is 8.65. The van der Waals surface area contributed by atoms with E-state index in [1.165, 1.54) is 18.4 Å². The van der Waals surface area contributed by atoms with Crippen molar-refractivity contribution in [3.05, 3.63) is 50.9 Å². The molecule has 2 heterocycles. The lowest BCUT2D eigenvalue weighted by molar-refractivity contribution is 0.122. The number of thiazole rings is 1. The number of hydrogen-bond acceptors (Lipinski definition) is 4. The van der Waals surface area contributed by atoms with Crippen molar-refractivity contribution in [3.63, 3.8) is 0 Å². The van der Waals surface area contributed by atoms with Gasteiger partial charge in [-0.1, -0.05) is 23.7 Å². The van der Waals surface area contributed by atoms with Crippen LogP contribution in [0.3, 0.4) is 0 Å². The van der Waals surface area contributed by atoms with E-state index in [1.807, 2.05) is 26.1 Å². The molecule has 7 heteroatoms. The monoisotopic (exact) mass is 419 g/mol. The Hall–Kier alpha value is -1.63. The first-order valence-electron chi connectivity index (χ1n) is 9.76. The second kappa shape index (κ2) is 9.72. The number of likely N-dealkylation sites (tertiary alicyclic amines) is 1. The Morgan fingerprint density at radius 3 is 2.96 bits per heavy atom. The van der Waals surface area contributed by atoms with Crippen LogP contribution in [0.5, 0.6) is 0 Å². The van der Waals surface area contributed by atoms with Gasteiger partial charge in [-0.25, -0.2) is 4.98 Å². The highest BCUT2D eigenvalue weighted by Crippen LogP contribution is 2.35. The molecule has 0 amide bonds. The minimum Gasteiger partial charge on any atom is -0.356 e. The molecule has 152 valence electrons. The van der Waals surface area contributed by atoms with Crippen LogP contribution in [0.2, 0.25) is 5.02 Å². The number of aromatic nitrogens is 1. The molecule has 28 heavy (non-hydrogen) atoms. The first-order valence-corrected chi connectivity index (χ1v) is 11.0. The number of nitrogens with zero attached hydrogens (tertiary/aromatic N) is 4. The summed E-state index contributed by atoms with van der Waals surface area (Å²) in [4.78, 5) is 13.6. The highest BCUT2D eigenvalue weighted by Gasteiger charge is 2.30. The van der Waals surface area contributed by atoms with Gasteiger partial charge >= 0.3 is 0 Å². The summed E-state index contributed by atoms with van der Waals surface area (Å²) in [7, 11) is 6.11. The molecular formula is C21H30ClN5S. The Labute approximate surface area is 177 Å². The molecule has 1 aliphatic heterocycles. The van der Waals surface area contributed by atoms with Gasteiger partial charge in [0.05, 0.1) is 17.2 Å². The topological polar surface area (TPSA) is 43.8 Å². The van der Waals surface area contributed by atoms with Crippen LogP contribution in [0, 0.1) is 12.8 Å². The van der Waals surface area contributed by atoms with Crippen LogP contribution < -0.4 is 5.32 Å². The van der Waals surface area contributed by atoms with Crippen LogP contribution in [-0.4, -0.2) is 55.0 Å². The third-order valence-electron chi connectivity index (χ3n) is 5.36. The molecule has 1 aromatic heterocycles. The fraction of sp³-hybridized carbons (Fsp3) is 0.524. The normalized spacial score (nSPS) is 21.0. The quantitative estimate of drug-likeness (QED) is 0.582. The van der Waals surface area contributed by atoms with Crippen molar-refractivity contribution >= 4 is 28.9 Å². The van der Waals surface area contributed by atoms with E-state index in [0.29, 0.717) is 12.0 Å². The van der Waals surface area contributed by atoms with Crippen molar-refractivity contribution in [2.24, 2.45) is 10.9 Å². The summed E-state index contributed by atoms with van der Waals surface area (Å²) in [5.74, 6) is 1.41. The van der Waals surface area contributed by atoms with Crippen LogP contribution >= 0.6 is 22.9 Å². The lowest BCUT2D eigenvalue weighted by Crippen LogP contribution is -2.45. The fourth-order valence-electron chi connectivity index (χ4n) is 4.10. The summed E-state index contributed by atoms with van der Waals surface area (Å²) in [5.41, 5.74) is 2.38. The van der Waals surface area contributed by atoms with Gasteiger partial charge in [-0.15, -0.1) is 11.3 Å². The Balaban J connectivity index is 1.66. The molecule has 1 fully saturated rings. The largest absolute Gasteiger partial charge is 0.356 e. The van der Waals surface area contributed by atoms with E-state index in [1.54, 1.807) is 11.3 Å². The maximum Gasteiger partial charge on any atom is 0.193 e. The molecular weight excluding hydrogens is 390 g/mol. The third kappa shape index (κ3) is 5.25. The van der Waals surface area contributed by atoms with Gasteiger partial charge in [-0.2, -0.15) is 0 Å². The first kappa shape index (κ1) is 21.1. The van der Waals surface area contributed by atoms with E-state index >= 15 is 0 Å². The highest BCUT2D eigenvalue weighted by atomic mass is 35.5. The predicted molar refractivity (Wildman–Crippen MR) is 119 cm³/mol. The van der Waals surface area contributed by atoms with Crippen LogP contribution in [0.25, 0.3) is 0 Å². The number of aryl methyl sites for hydroxylation is 1. The molecule has 3 rings (SSSR count). The SMILES string of the molecule is CN=C(NCC1CCCN(C)C1c1cccc(Cl)c1)N(C)Cc1csc(C)n1. The molecule has 1 aromatic carbocycles. The predicted octanol–water partition coefficient (Wildman–Crippen LogP) is 4.20. The number of aliphatic imine (C=N–C) groups is 1. The zero-order valence-corrected chi connectivity index (χ0v) is 18.7. The molecule has 1 N–H and O–H groups in total. The van der Waals surface area contributed by atoms with E-state index < -0.39 is 0 Å². The molecule has 0 bridgehead atoms. The van der Waals surface area contributed by atoms with E-state index in [-0.39, 0.29) is 0 Å². The van der Waals surface area contributed by atoms with Gasteiger partial charge in [0, 0.05) is 37.1 Å². The lowest BCUT2D eigenvalue weighted by Gasteiger charge is -2.40. The fourth-order valence-corrected chi connectivity index (χ4v) is 4.90. The van der Waals surface area contributed by atoms with Gasteiger partial charge in [0.25, 0.3) is 0 Å². The van der Waals surface area contributed by atoms with Crippen molar-refractivity contribution < 1.29 is 0 Å². The van der Waals surface area contributed by atoms with Gasteiger partial charge in [0.2, 0.25) is 0 Å². The first-order chi connectivity index (χ1) is 13.5. The average Bonchev–Trinajstić information content (AvgIpc) is 3.07. The lowest BCUT2D eigenvalue weighted by atomic mass is 9.85. The molecule has 0 spiro atoms. The van der Waals surface area contributed by atoms with E-state index in [4.69, 9.17) is 11.6 Å². The zero-order chi connectivity index (χ0) is 20.1. The molecule has 2 aromatic rings. The van der Waals surface area contributed by atoms with E-state index in [0.717, 1.165) is 41.3 Å². The zero-order valence-electron chi connectivity index (χ0n) is 17.2. The summed E-state index contributed by atoms with van der Waals surface area (Å²) in [5, 5.41) is 7.61. The van der Waals surface area contributed by atoms with E-state index in [9.17, 15) is 0 Å². The minimum atomic E-state index is 0.365. The molecule has 5 nitrogen and oxygen atoms in total. The second-order valence-electron chi connectivity index (χ2n) is 7.52. The van der Waals surface area contributed by atoms with E-state index in [2.05, 4.69) is 56.7 Å². The Bertz CT molecular complexity index is 806. The van der Waals surface area contributed by atoms with Gasteiger partial charge in [0.15, 0.2) is 5.96 Å². The Morgan fingerprint density at radius 1 is 1.46 bits per heavy atom. The Kier molecular flexibility index (Phi) is 7.32. The number of rotatable bonds is 5. The Morgan fingerprint density at radius 2 is 2.29 bits per heavy atom. The number of nitrogens with one attached hydrogen (secondary N) is 1. The smallest absolute Gasteiger partial charge is 0.193 e. The van der Waals surface area contributed by atoms with Crippen molar-refractivity contribution in [1.82, 2.24) is 20.1 Å². The van der Waals surface area contributed by atoms with Crippen molar-refractivity contribution in [1.29, 1.82) is 0 Å². The molecule has 2 unspecified atom stereocenters. The third-order valence-corrected chi connectivity index (χ3v) is 6.42. The number of halogens is 1. The van der Waals surface area contributed by atoms with Gasteiger partial charge < -0.3 is 10.2 Å². The summed E-state index contributed by atoms with van der Waals surface area (Å²) in [6.07, 6.45) is 2.41. The van der Waals surface area contributed by atoms with Crippen LogP contribution in [0.15, 0.2) is 34.6 Å². The number of benzene rings is 1. The van der Waals surface area contributed by atoms with Gasteiger partial charge in [0.1, 0.15) is 0 Å². The minimum absolute atomic E-state index is 0.365. The summed E-state index contributed by atoms with van der Waals surface area (Å²) >= 11 is 7.95. The van der Waals surface area contributed by atoms with Crippen LogP contribution in [-0.2, 0) is 6.54 Å². The molecule has 2 atom stereocenters. The number of piperidine rings is 1. The standard InChI is InChI=1S/C21H30ClN5S/c1-15-25-19(14-28-15)13-27(4)21(23-2)24-12-17-8-6-10-26(3)20(17)16-7-5-9-18(22)11-16/h5,7,9,11,14,17,20H,6,8,10,12-13H2,1-4H3,(H,23,24). The van der Waals surface area contributed by atoms with Gasteiger partial charge in [-0.3, -0.25) is 9.89 Å². The average molecular weight is 420 g/mol. The van der Waals surface area contributed by atoms with Crippen LogP contribution in [0.4, 0.5) is 0 Å². The maximum atomic E-state index is 6.26. The molecule has 0 aliphatic carbocycles. The molecule has 0 radical (unpaired) electrons.